The lowest BCUT2D eigenvalue weighted by Gasteiger charge is -2.25. The van der Waals surface area contributed by atoms with E-state index in [2.05, 4.69) is 23.9 Å². The van der Waals surface area contributed by atoms with Crippen LogP contribution in [0.2, 0.25) is 0 Å². The van der Waals surface area contributed by atoms with Gasteiger partial charge in [0.1, 0.15) is 0 Å². The first kappa shape index (κ1) is 19.8. The fourth-order valence-corrected chi connectivity index (χ4v) is 3.56. The van der Waals surface area contributed by atoms with Gasteiger partial charge in [-0.2, -0.15) is 5.10 Å². The number of amides is 1. The predicted molar refractivity (Wildman–Crippen MR) is 118 cm³/mol. The van der Waals surface area contributed by atoms with Crippen LogP contribution in [-0.2, 0) is 0 Å². The van der Waals surface area contributed by atoms with Crippen molar-refractivity contribution in [1.82, 2.24) is 24.6 Å². The van der Waals surface area contributed by atoms with E-state index in [0.717, 1.165) is 27.9 Å². The van der Waals surface area contributed by atoms with E-state index >= 15 is 0 Å². The van der Waals surface area contributed by atoms with Crippen LogP contribution in [0.4, 0.5) is 0 Å². The molecule has 4 aromatic rings. The molecule has 3 aromatic heterocycles. The van der Waals surface area contributed by atoms with Crippen LogP contribution >= 0.6 is 0 Å². The fourth-order valence-electron chi connectivity index (χ4n) is 3.56. The Morgan fingerprint density at radius 2 is 1.73 bits per heavy atom. The van der Waals surface area contributed by atoms with Crippen LogP contribution in [0.3, 0.4) is 0 Å². The quantitative estimate of drug-likeness (QED) is 0.478. The summed E-state index contributed by atoms with van der Waals surface area (Å²) in [6.07, 6.45) is 5.24. The van der Waals surface area contributed by atoms with E-state index < -0.39 is 0 Å². The van der Waals surface area contributed by atoms with Gasteiger partial charge in [0, 0.05) is 31.0 Å². The molecule has 0 fully saturated rings. The Morgan fingerprint density at radius 1 is 1.03 bits per heavy atom. The van der Waals surface area contributed by atoms with Gasteiger partial charge in [0.05, 0.1) is 28.9 Å². The molecule has 0 aliphatic rings. The lowest BCUT2D eigenvalue weighted by molar-refractivity contribution is 0.0744. The zero-order chi connectivity index (χ0) is 21.3. The van der Waals surface area contributed by atoms with Crippen LogP contribution in [0, 0.1) is 0 Å². The molecular weight excluding hydrogens is 374 g/mol. The van der Waals surface area contributed by atoms with Crippen LogP contribution in [-0.4, -0.2) is 37.6 Å². The van der Waals surface area contributed by atoms with Crippen molar-refractivity contribution in [2.75, 3.05) is 7.05 Å². The van der Waals surface area contributed by atoms with Gasteiger partial charge in [0.15, 0.2) is 5.65 Å². The van der Waals surface area contributed by atoms with Gasteiger partial charge >= 0.3 is 0 Å². The third-order valence-electron chi connectivity index (χ3n) is 5.45. The maximum Gasteiger partial charge on any atom is 0.254 e. The fraction of sp³-hybridized carbons (Fsp3) is 0.250. The highest BCUT2D eigenvalue weighted by molar-refractivity contribution is 6.06. The number of aromatic nitrogens is 4. The highest BCUT2D eigenvalue weighted by Crippen LogP contribution is 2.29. The Balaban J connectivity index is 1.83. The number of carbonyl (C=O) groups is 1. The van der Waals surface area contributed by atoms with Crippen LogP contribution < -0.4 is 0 Å². The molecule has 1 unspecified atom stereocenters. The van der Waals surface area contributed by atoms with Crippen LogP contribution in [0.1, 0.15) is 48.8 Å². The predicted octanol–water partition coefficient (Wildman–Crippen LogP) is 4.91. The number of hydrogen-bond donors (Lipinski definition) is 0. The molecule has 0 N–H and O–H groups in total. The number of rotatable bonds is 5. The first-order chi connectivity index (χ1) is 14.5. The van der Waals surface area contributed by atoms with Gasteiger partial charge in [-0.1, -0.05) is 30.3 Å². The molecule has 0 aliphatic carbocycles. The molecule has 152 valence electrons. The molecule has 3 heterocycles. The lowest BCUT2D eigenvalue weighted by Crippen LogP contribution is -2.30. The molecule has 1 atom stereocenters. The average molecular weight is 399 g/mol. The van der Waals surface area contributed by atoms with Crippen molar-refractivity contribution in [2.45, 2.75) is 32.9 Å². The summed E-state index contributed by atoms with van der Waals surface area (Å²) in [5.74, 6) is -0.0628. The molecule has 1 aromatic carbocycles. The zero-order valence-corrected chi connectivity index (χ0v) is 17.6. The van der Waals surface area contributed by atoms with Crippen LogP contribution in [0.25, 0.3) is 22.3 Å². The second-order valence-electron chi connectivity index (χ2n) is 7.71. The maximum atomic E-state index is 13.6. The van der Waals surface area contributed by atoms with Gasteiger partial charge in [0.2, 0.25) is 0 Å². The smallest absolute Gasteiger partial charge is 0.254 e. The molecule has 4 rings (SSSR count). The van der Waals surface area contributed by atoms with E-state index in [-0.39, 0.29) is 18.0 Å². The molecule has 0 saturated heterocycles. The highest BCUT2D eigenvalue weighted by Gasteiger charge is 2.24. The molecule has 6 nitrogen and oxygen atoms in total. The van der Waals surface area contributed by atoms with Gasteiger partial charge < -0.3 is 4.90 Å². The van der Waals surface area contributed by atoms with Gasteiger partial charge in [-0.05, 0) is 44.5 Å². The van der Waals surface area contributed by atoms with Crippen molar-refractivity contribution < 1.29 is 4.79 Å². The van der Waals surface area contributed by atoms with E-state index in [1.165, 1.54) is 0 Å². The molecule has 30 heavy (non-hydrogen) atoms. The Morgan fingerprint density at radius 3 is 2.40 bits per heavy atom. The molecule has 0 spiro atoms. The highest BCUT2D eigenvalue weighted by atomic mass is 16.2. The summed E-state index contributed by atoms with van der Waals surface area (Å²) in [7, 11) is 1.83. The van der Waals surface area contributed by atoms with Gasteiger partial charge in [-0.25, -0.2) is 9.67 Å². The first-order valence-corrected chi connectivity index (χ1v) is 10.1. The number of fused-ring (bicyclic) bond motifs is 1. The minimum atomic E-state index is -0.0935. The van der Waals surface area contributed by atoms with E-state index in [4.69, 9.17) is 4.98 Å². The van der Waals surface area contributed by atoms with Crippen molar-refractivity contribution in [2.24, 2.45) is 0 Å². The van der Waals surface area contributed by atoms with Crippen molar-refractivity contribution in [3.05, 3.63) is 78.2 Å². The van der Waals surface area contributed by atoms with Crippen molar-refractivity contribution in [3.63, 3.8) is 0 Å². The third kappa shape index (κ3) is 3.56. The number of benzene rings is 1. The number of hydrogen-bond acceptors (Lipinski definition) is 4. The molecule has 6 heteroatoms. The second kappa shape index (κ2) is 8.06. The normalized spacial score (nSPS) is 12.3. The Bertz CT molecular complexity index is 1170. The van der Waals surface area contributed by atoms with Crippen LogP contribution in [0.15, 0.2) is 67.1 Å². The van der Waals surface area contributed by atoms with Gasteiger partial charge in [-0.3, -0.25) is 9.78 Å². The summed E-state index contributed by atoms with van der Waals surface area (Å²) in [5.41, 5.74) is 4.09. The molecule has 0 aliphatic heterocycles. The minimum Gasteiger partial charge on any atom is -0.335 e. The van der Waals surface area contributed by atoms with Crippen molar-refractivity contribution in [3.8, 4) is 11.3 Å². The van der Waals surface area contributed by atoms with E-state index in [9.17, 15) is 4.79 Å². The summed E-state index contributed by atoms with van der Waals surface area (Å²) >= 11 is 0. The summed E-state index contributed by atoms with van der Waals surface area (Å²) in [5, 5.41) is 5.28. The first-order valence-electron chi connectivity index (χ1n) is 10.1. The van der Waals surface area contributed by atoms with E-state index in [1.807, 2.05) is 67.2 Å². The SMILES string of the molecule is CC(c1ccncc1)N(C)C(=O)c1cc(-c2ccccc2)nc2c1cnn2C(C)C. The van der Waals surface area contributed by atoms with E-state index in [0.29, 0.717) is 5.56 Å². The number of carbonyl (C=O) groups excluding carboxylic acids is 1. The minimum absolute atomic E-state index is 0.0628. The average Bonchev–Trinajstić information content (AvgIpc) is 3.22. The second-order valence-corrected chi connectivity index (χ2v) is 7.71. The Hall–Kier alpha value is -3.54. The lowest BCUT2D eigenvalue weighted by atomic mass is 10.0. The largest absolute Gasteiger partial charge is 0.335 e. The van der Waals surface area contributed by atoms with Crippen molar-refractivity contribution in [1.29, 1.82) is 0 Å². The molecule has 1 amide bonds. The van der Waals surface area contributed by atoms with E-state index in [1.54, 1.807) is 23.5 Å². The Kier molecular flexibility index (Phi) is 5.31. The molecule has 0 radical (unpaired) electrons. The van der Waals surface area contributed by atoms with Crippen LogP contribution in [0.5, 0.6) is 0 Å². The number of nitrogens with zero attached hydrogens (tertiary/aromatic N) is 5. The van der Waals surface area contributed by atoms with Gasteiger partial charge in [-0.15, -0.1) is 0 Å². The zero-order valence-electron chi connectivity index (χ0n) is 17.6. The summed E-state index contributed by atoms with van der Waals surface area (Å²) < 4.78 is 1.87. The Labute approximate surface area is 176 Å². The monoisotopic (exact) mass is 399 g/mol. The third-order valence-corrected chi connectivity index (χ3v) is 5.45. The van der Waals surface area contributed by atoms with Gasteiger partial charge in [0.25, 0.3) is 5.91 Å². The summed E-state index contributed by atoms with van der Waals surface area (Å²) in [6, 6.07) is 15.7. The standard InChI is InChI=1S/C24H25N5O/c1-16(2)29-23-21(15-26-29)20(14-22(27-23)19-8-6-5-7-9-19)24(30)28(4)17(3)18-10-12-25-13-11-18/h5-17H,1-4H3. The molecule has 0 bridgehead atoms. The maximum absolute atomic E-state index is 13.6. The summed E-state index contributed by atoms with van der Waals surface area (Å²) in [6.45, 7) is 6.13. The van der Waals surface area contributed by atoms with Crippen molar-refractivity contribution >= 4 is 16.9 Å². The summed E-state index contributed by atoms with van der Waals surface area (Å²) in [4.78, 5) is 24.3. The topological polar surface area (TPSA) is 63.9 Å². The molecule has 0 saturated carbocycles. The number of pyridine rings is 2. The molecular formula is C24H25N5O.